The maximum absolute atomic E-state index is 13.3. The number of rotatable bonds is 3. The SMILES string of the molecule is COc1ccc(C(C)C(=O)O)c(F)c1. The number of benzene rings is 1. The summed E-state index contributed by atoms with van der Waals surface area (Å²) >= 11 is 0. The molecule has 3 nitrogen and oxygen atoms in total. The van der Waals surface area contributed by atoms with Crippen molar-refractivity contribution in [3.05, 3.63) is 29.6 Å². The van der Waals surface area contributed by atoms with Gasteiger partial charge in [-0.05, 0) is 13.0 Å². The van der Waals surface area contributed by atoms with Gasteiger partial charge < -0.3 is 9.84 Å². The first-order chi connectivity index (χ1) is 6.56. The summed E-state index contributed by atoms with van der Waals surface area (Å²) in [6.45, 7) is 1.44. The third-order valence-corrected chi connectivity index (χ3v) is 2.04. The molecule has 0 aliphatic carbocycles. The van der Waals surface area contributed by atoms with Crippen molar-refractivity contribution < 1.29 is 19.0 Å². The van der Waals surface area contributed by atoms with E-state index in [9.17, 15) is 9.18 Å². The molecule has 1 N–H and O–H groups in total. The molecule has 1 rings (SSSR count). The van der Waals surface area contributed by atoms with Crippen LogP contribution in [0.15, 0.2) is 18.2 Å². The van der Waals surface area contributed by atoms with Gasteiger partial charge in [0.05, 0.1) is 13.0 Å². The zero-order chi connectivity index (χ0) is 10.7. The van der Waals surface area contributed by atoms with Crippen molar-refractivity contribution in [2.45, 2.75) is 12.8 Å². The molecule has 0 fully saturated rings. The van der Waals surface area contributed by atoms with Crippen molar-refractivity contribution in [3.63, 3.8) is 0 Å². The number of methoxy groups -OCH3 is 1. The first-order valence-electron chi connectivity index (χ1n) is 4.12. The first kappa shape index (κ1) is 10.5. The molecule has 14 heavy (non-hydrogen) atoms. The quantitative estimate of drug-likeness (QED) is 0.808. The fourth-order valence-corrected chi connectivity index (χ4v) is 1.12. The Morgan fingerprint density at radius 1 is 1.57 bits per heavy atom. The fraction of sp³-hybridized carbons (Fsp3) is 0.300. The van der Waals surface area contributed by atoms with Crippen LogP contribution in [0.4, 0.5) is 4.39 Å². The van der Waals surface area contributed by atoms with Crippen LogP contribution in [-0.4, -0.2) is 18.2 Å². The summed E-state index contributed by atoms with van der Waals surface area (Å²) in [4.78, 5) is 10.6. The molecule has 1 unspecified atom stereocenters. The second-order valence-electron chi connectivity index (χ2n) is 2.95. The van der Waals surface area contributed by atoms with E-state index >= 15 is 0 Å². The lowest BCUT2D eigenvalue weighted by Gasteiger charge is -2.08. The Kier molecular flexibility index (Phi) is 3.06. The van der Waals surface area contributed by atoms with Crippen LogP contribution in [-0.2, 0) is 4.79 Å². The van der Waals surface area contributed by atoms with E-state index in [4.69, 9.17) is 9.84 Å². The molecule has 1 aromatic rings. The number of ether oxygens (including phenoxy) is 1. The van der Waals surface area contributed by atoms with E-state index in [2.05, 4.69) is 0 Å². The minimum atomic E-state index is -1.05. The van der Waals surface area contributed by atoms with Crippen LogP contribution < -0.4 is 4.74 Å². The molecule has 0 radical (unpaired) electrons. The molecule has 0 spiro atoms. The van der Waals surface area contributed by atoms with Gasteiger partial charge >= 0.3 is 5.97 Å². The molecule has 0 amide bonds. The van der Waals surface area contributed by atoms with Gasteiger partial charge in [0.2, 0.25) is 0 Å². The van der Waals surface area contributed by atoms with E-state index in [-0.39, 0.29) is 5.56 Å². The van der Waals surface area contributed by atoms with Gasteiger partial charge in [-0.3, -0.25) is 4.79 Å². The number of aliphatic carboxylic acids is 1. The fourth-order valence-electron chi connectivity index (χ4n) is 1.12. The third kappa shape index (κ3) is 2.02. The summed E-state index contributed by atoms with van der Waals surface area (Å²) in [6, 6.07) is 4.14. The highest BCUT2D eigenvalue weighted by Gasteiger charge is 2.17. The molecule has 4 heteroatoms. The minimum Gasteiger partial charge on any atom is -0.497 e. The van der Waals surface area contributed by atoms with E-state index in [1.165, 1.54) is 32.2 Å². The number of hydrogen-bond acceptors (Lipinski definition) is 2. The summed E-state index contributed by atoms with van der Waals surface area (Å²) < 4.78 is 18.1. The predicted octanol–water partition coefficient (Wildman–Crippen LogP) is 2.02. The highest BCUT2D eigenvalue weighted by atomic mass is 19.1. The molecule has 0 aromatic heterocycles. The molecule has 1 aromatic carbocycles. The molecule has 1 atom stereocenters. The van der Waals surface area contributed by atoms with Crippen molar-refractivity contribution in [1.82, 2.24) is 0 Å². The standard InChI is InChI=1S/C10H11FO3/c1-6(10(12)13)8-4-3-7(14-2)5-9(8)11/h3-6H,1-2H3,(H,12,13). The van der Waals surface area contributed by atoms with E-state index in [1.807, 2.05) is 0 Å². The Hall–Kier alpha value is -1.58. The molecular weight excluding hydrogens is 187 g/mol. The van der Waals surface area contributed by atoms with Crippen molar-refractivity contribution in [2.24, 2.45) is 0 Å². The highest BCUT2D eigenvalue weighted by molar-refractivity contribution is 5.75. The Morgan fingerprint density at radius 3 is 2.64 bits per heavy atom. The predicted molar refractivity (Wildman–Crippen MR) is 49.0 cm³/mol. The number of carboxylic acids is 1. The van der Waals surface area contributed by atoms with Gasteiger partial charge in [-0.15, -0.1) is 0 Å². The maximum Gasteiger partial charge on any atom is 0.310 e. The van der Waals surface area contributed by atoms with Gasteiger partial charge in [0.25, 0.3) is 0 Å². The van der Waals surface area contributed by atoms with Crippen LogP contribution in [0.25, 0.3) is 0 Å². The molecule has 0 heterocycles. The molecule has 0 saturated heterocycles. The zero-order valence-corrected chi connectivity index (χ0v) is 7.95. The Morgan fingerprint density at radius 2 is 2.21 bits per heavy atom. The normalized spacial score (nSPS) is 12.2. The van der Waals surface area contributed by atoms with Crippen LogP contribution in [0.1, 0.15) is 18.4 Å². The summed E-state index contributed by atoms with van der Waals surface area (Å²) in [5, 5.41) is 8.69. The molecule has 0 aliphatic heterocycles. The second-order valence-corrected chi connectivity index (χ2v) is 2.95. The van der Waals surface area contributed by atoms with Crippen LogP contribution in [0, 0.1) is 5.82 Å². The van der Waals surface area contributed by atoms with E-state index in [0.717, 1.165) is 0 Å². The first-order valence-corrected chi connectivity index (χ1v) is 4.12. The molecule has 0 aliphatic rings. The Bertz CT molecular complexity index is 349. The van der Waals surface area contributed by atoms with Crippen LogP contribution >= 0.6 is 0 Å². The van der Waals surface area contributed by atoms with Crippen molar-refractivity contribution in [1.29, 1.82) is 0 Å². The third-order valence-electron chi connectivity index (χ3n) is 2.04. The van der Waals surface area contributed by atoms with E-state index in [0.29, 0.717) is 5.75 Å². The van der Waals surface area contributed by atoms with Crippen molar-refractivity contribution in [3.8, 4) is 5.75 Å². The number of hydrogen-bond donors (Lipinski definition) is 1. The lowest BCUT2D eigenvalue weighted by atomic mass is 10.0. The molecular formula is C10H11FO3. The maximum atomic E-state index is 13.3. The van der Waals surface area contributed by atoms with Crippen LogP contribution in [0.5, 0.6) is 5.75 Å². The largest absolute Gasteiger partial charge is 0.497 e. The second kappa shape index (κ2) is 4.09. The van der Waals surface area contributed by atoms with E-state index < -0.39 is 17.7 Å². The smallest absolute Gasteiger partial charge is 0.310 e. The van der Waals surface area contributed by atoms with Gasteiger partial charge in [-0.1, -0.05) is 6.07 Å². The van der Waals surface area contributed by atoms with Crippen LogP contribution in [0.3, 0.4) is 0 Å². The summed E-state index contributed by atoms with van der Waals surface area (Å²) in [5.74, 6) is -2.07. The van der Waals surface area contributed by atoms with Crippen molar-refractivity contribution >= 4 is 5.97 Å². The van der Waals surface area contributed by atoms with Gasteiger partial charge in [0.15, 0.2) is 0 Å². The number of carboxylic acid groups (broad SMARTS) is 1. The van der Waals surface area contributed by atoms with Gasteiger partial charge in [0, 0.05) is 11.6 Å². The zero-order valence-electron chi connectivity index (χ0n) is 7.95. The average molecular weight is 198 g/mol. The molecule has 0 saturated carbocycles. The molecule has 76 valence electrons. The van der Waals surface area contributed by atoms with Gasteiger partial charge in [-0.25, -0.2) is 4.39 Å². The van der Waals surface area contributed by atoms with Gasteiger partial charge in [0.1, 0.15) is 11.6 Å². The number of carbonyl (C=O) groups is 1. The average Bonchev–Trinajstić information content (AvgIpc) is 2.16. The lowest BCUT2D eigenvalue weighted by molar-refractivity contribution is -0.138. The minimum absolute atomic E-state index is 0.165. The highest BCUT2D eigenvalue weighted by Crippen LogP contribution is 2.23. The van der Waals surface area contributed by atoms with Crippen LogP contribution in [0.2, 0.25) is 0 Å². The van der Waals surface area contributed by atoms with Gasteiger partial charge in [-0.2, -0.15) is 0 Å². The topological polar surface area (TPSA) is 46.5 Å². The Balaban J connectivity index is 3.05. The van der Waals surface area contributed by atoms with E-state index in [1.54, 1.807) is 0 Å². The summed E-state index contributed by atoms with van der Waals surface area (Å²) in [5.41, 5.74) is 0.165. The lowest BCUT2D eigenvalue weighted by Crippen LogP contribution is -2.09. The summed E-state index contributed by atoms with van der Waals surface area (Å²) in [6.07, 6.45) is 0. The summed E-state index contributed by atoms with van der Waals surface area (Å²) in [7, 11) is 1.43. The Labute approximate surface area is 81.1 Å². The molecule has 0 bridgehead atoms. The number of halogens is 1. The van der Waals surface area contributed by atoms with Crippen molar-refractivity contribution in [2.75, 3.05) is 7.11 Å². The monoisotopic (exact) mass is 198 g/mol.